The molecule has 0 aliphatic heterocycles. The zero-order chi connectivity index (χ0) is 14.2. The van der Waals surface area contributed by atoms with Crippen molar-refractivity contribution in [3.8, 4) is 0 Å². The molecule has 1 atom stereocenters. The van der Waals surface area contributed by atoms with E-state index in [-0.39, 0.29) is 16.3 Å². The van der Waals surface area contributed by atoms with Crippen molar-refractivity contribution in [3.63, 3.8) is 0 Å². The van der Waals surface area contributed by atoms with Crippen LogP contribution in [0.5, 0.6) is 0 Å². The Morgan fingerprint density at radius 1 is 1.26 bits per heavy atom. The number of hydrogen-bond acceptors (Lipinski definition) is 3. The zero-order valence-electron chi connectivity index (χ0n) is 9.35. The average molecular weight is 271 g/mol. The minimum atomic E-state index is -4.54. The van der Waals surface area contributed by atoms with E-state index in [2.05, 4.69) is 4.98 Å². The minimum absolute atomic E-state index is 0.00104. The topological polar surface area (TPSA) is 70.4 Å². The Kier molecular flexibility index (Phi) is 3.15. The Bertz CT molecular complexity index is 640. The number of carboxylic acids is 1. The van der Waals surface area contributed by atoms with Gasteiger partial charge in [0.1, 0.15) is 0 Å². The molecule has 2 N–H and O–H groups in total. The van der Waals surface area contributed by atoms with Gasteiger partial charge >= 0.3 is 12.1 Å². The number of aliphatic hydroxyl groups is 1. The Morgan fingerprint density at radius 3 is 2.53 bits per heavy atom. The van der Waals surface area contributed by atoms with Crippen molar-refractivity contribution in [2.45, 2.75) is 12.3 Å². The fraction of sp³-hybridized carbons (Fsp3) is 0.167. The Hall–Kier alpha value is -2.15. The van der Waals surface area contributed by atoms with Crippen molar-refractivity contribution in [1.29, 1.82) is 0 Å². The normalized spacial score (nSPS) is 13.5. The third-order valence-corrected chi connectivity index (χ3v) is 2.64. The molecule has 0 bridgehead atoms. The number of aliphatic hydroxyl groups excluding tert-OH is 1. The first kappa shape index (κ1) is 13.3. The van der Waals surface area contributed by atoms with Gasteiger partial charge in [-0.2, -0.15) is 13.2 Å². The average Bonchev–Trinajstić information content (AvgIpc) is 2.35. The van der Waals surface area contributed by atoms with Crippen LogP contribution in [0, 0.1) is 0 Å². The number of hydrogen-bond donors (Lipinski definition) is 2. The third-order valence-electron chi connectivity index (χ3n) is 2.64. The van der Waals surface area contributed by atoms with E-state index < -0.39 is 23.8 Å². The predicted molar refractivity (Wildman–Crippen MR) is 59.3 cm³/mol. The van der Waals surface area contributed by atoms with Gasteiger partial charge in [0.25, 0.3) is 0 Å². The number of fused-ring (bicyclic) bond motifs is 1. The summed E-state index contributed by atoms with van der Waals surface area (Å²) in [4.78, 5) is 14.1. The predicted octanol–water partition coefficient (Wildman–Crippen LogP) is 2.37. The SMILES string of the molecule is O=C(O)C(O)c1ccc2c(C(F)(F)F)cncc2c1. The Balaban J connectivity index is 2.61. The molecule has 1 aromatic carbocycles. The second-order valence-corrected chi connectivity index (χ2v) is 3.91. The molecule has 1 aromatic heterocycles. The quantitative estimate of drug-likeness (QED) is 0.879. The third kappa shape index (κ3) is 2.50. The van der Waals surface area contributed by atoms with E-state index >= 15 is 0 Å². The van der Waals surface area contributed by atoms with Crippen molar-refractivity contribution in [1.82, 2.24) is 4.98 Å². The molecule has 0 radical (unpaired) electrons. The number of aliphatic carboxylic acids is 1. The molecule has 2 rings (SSSR count). The van der Waals surface area contributed by atoms with E-state index in [4.69, 9.17) is 5.11 Å². The van der Waals surface area contributed by atoms with Crippen molar-refractivity contribution >= 4 is 16.7 Å². The number of rotatable bonds is 2. The van der Waals surface area contributed by atoms with Gasteiger partial charge in [-0.3, -0.25) is 4.98 Å². The first-order chi connectivity index (χ1) is 8.80. The van der Waals surface area contributed by atoms with Crippen LogP contribution in [-0.4, -0.2) is 21.2 Å². The summed E-state index contributed by atoms with van der Waals surface area (Å²) in [7, 11) is 0. The minimum Gasteiger partial charge on any atom is -0.479 e. The van der Waals surface area contributed by atoms with Crippen molar-refractivity contribution < 1.29 is 28.2 Å². The van der Waals surface area contributed by atoms with Crippen LogP contribution in [-0.2, 0) is 11.0 Å². The van der Waals surface area contributed by atoms with Gasteiger partial charge in [0, 0.05) is 17.8 Å². The standard InChI is InChI=1S/C12H8F3NO3/c13-12(14,15)9-5-16-4-7-3-6(1-2-8(7)9)10(17)11(18)19/h1-5,10,17H,(H,18,19). The summed E-state index contributed by atoms with van der Waals surface area (Å²) in [5.41, 5.74) is -0.900. The van der Waals surface area contributed by atoms with Crippen molar-refractivity contribution in [2.24, 2.45) is 0 Å². The van der Waals surface area contributed by atoms with Crippen LogP contribution in [0.25, 0.3) is 10.8 Å². The lowest BCUT2D eigenvalue weighted by Crippen LogP contribution is -2.11. The monoisotopic (exact) mass is 271 g/mol. The molecule has 1 heterocycles. The Labute approximate surface area is 105 Å². The zero-order valence-corrected chi connectivity index (χ0v) is 9.35. The molecule has 0 aliphatic rings. The van der Waals surface area contributed by atoms with Crippen LogP contribution in [0.15, 0.2) is 30.6 Å². The lowest BCUT2D eigenvalue weighted by Gasteiger charge is -2.11. The number of pyridine rings is 1. The summed E-state index contributed by atoms with van der Waals surface area (Å²) in [6, 6.07) is 3.45. The van der Waals surface area contributed by atoms with E-state index in [1.54, 1.807) is 0 Å². The second kappa shape index (κ2) is 4.51. The fourth-order valence-corrected chi connectivity index (χ4v) is 1.73. The van der Waals surface area contributed by atoms with Crippen LogP contribution < -0.4 is 0 Å². The summed E-state index contributed by atoms with van der Waals surface area (Å²) in [5, 5.41) is 18.0. The lowest BCUT2D eigenvalue weighted by molar-refractivity contribution is -0.147. The summed E-state index contributed by atoms with van der Waals surface area (Å²) < 4.78 is 38.2. The van der Waals surface area contributed by atoms with Gasteiger partial charge in [-0.15, -0.1) is 0 Å². The highest BCUT2D eigenvalue weighted by atomic mass is 19.4. The molecule has 19 heavy (non-hydrogen) atoms. The molecule has 7 heteroatoms. The fourth-order valence-electron chi connectivity index (χ4n) is 1.73. The molecule has 0 amide bonds. The van der Waals surface area contributed by atoms with Gasteiger partial charge in [-0.05, 0) is 17.0 Å². The van der Waals surface area contributed by atoms with Gasteiger partial charge in [-0.25, -0.2) is 4.79 Å². The molecule has 0 spiro atoms. The maximum atomic E-state index is 12.7. The molecule has 2 aromatic rings. The van der Waals surface area contributed by atoms with Crippen LogP contribution in [0.1, 0.15) is 17.2 Å². The number of carboxylic acid groups (broad SMARTS) is 1. The smallest absolute Gasteiger partial charge is 0.418 e. The first-order valence-corrected chi connectivity index (χ1v) is 5.16. The van der Waals surface area contributed by atoms with Crippen LogP contribution >= 0.6 is 0 Å². The van der Waals surface area contributed by atoms with Crippen LogP contribution in [0.2, 0.25) is 0 Å². The molecule has 0 saturated heterocycles. The number of nitrogens with zero attached hydrogens (tertiary/aromatic N) is 1. The summed E-state index contributed by atoms with van der Waals surface area (Å²) in [6.45, 7) is 0. The van der Waals surface area contributed by atoms with E-state index in [1.807, 2.05) is 0 Å². The molecule has 4 nitrogen and oxygen atoms in total. The van der Waals surface area contributed by atoms with E-state index in [0.717, 1.165) is 12.1 Å². The number of carbonyl (C=O) groups is 1. The summed E-state index contributed by atoms with van der Waals surface area (Å²) in [6.07, 6.45) is -4.43. The number of aromatic nitrogens is 1. The van der Waals surface area contributed by atoms with Gasteiger partial charge in [0.05, 0.1) is 5.56 Å². The number of benzene rings is 1. The lowest BCUT2D eigenvalue weighted by atomic mass is 10.0. The number of halogens is 3. The maximum absolute atomic E-state index is 12.7. The van der Waals surface area contributed by atoms with Crippen LogP contribution in [0.3, 0.4) is 0 Å². The number of alkyl halides is 3. The van der Waals surface area contributed by atoms with E-state index in [0.29, 0.717) is 6.20 Å². The molecule has 0 aliphatic carbocycles. The van der Waals surface area contributed by atoms with Crippen molar-refractivity contribution in [3.05, 3.63) is 41.7 Å². The molecular weight excluding hydrogens is 263 g/mol. The van der Waals surface area contributed by atoms with Gasteiger partial charge in [-0.1, -0.05) is 12.1 Å². The molecule has 100 valence electrons. The van der Waals surface area contributed by atoms with Gasteiger partial charge in [0.15, 0.2) is 6.10 Å². The van der Waals surface area contributed by atoms with E-state index in [1.165, 1.54) is 12.3 Å². The molecule has 1 unspecified atom stereocenters. The van der Waals surface area contributed by atoms with Gasteiger partial charge in [0.2, 0.25) is 0 Å². The van der Waals surface area contributed by atoms with Crippen LogP contribution in [0.4, 0.5) is 13.2 Å². The summed E-state index contributed by atoms with van der Waals surface area (Å²) >= 11 is 0. The van der Waals surface area contributed by atoms with Gasteiger partial charge < -0.3 is 10.2 Å². The molecule has 0 fully saturated rings. The van der Waals surface area contributed by atoms with Crippen molar-refractivity contribution in [2.75, 3.05) is 0 Å². The molecule has 0 saturated carbocycles. The first-order valence-electron chi connectivity index (χ1n) is 5.16. The second-order valence-electron chi connectivity index (χ2n) is 3.91. The Morgan fingerprint density at radius 2 is 1.95 bits per heavy atom. The maximum Gasteiger partial charge on any atom is 0.418 e. The summed E-state index contributed by atoms with van der Waals surface area (Å²) in [5.74, 6) is -1.47. The molecular formula is C12H8F3NO3. The largest absolute Gasteiger partial charge is 0.479 e. The highest BCUT2D eigenvalue weighted by molar-refractivity contribution is 5.87. The highest BCUT2D eigenvalue weighted by Crippen LogP contribution is 2.34. The van der Waals surface area contributed by atoms with E-state index in [9.17, 15) is 23.1 Å². The highest BCUT2D eigenvalue weighted by Gasteiger charge is 2.33.